The van der Waals surface area contributed by atoms with E-state index in [2.05, 4.69) is 4.90 Å². The van der Waals surface area contributed by atoms with E-state index in [4.69, 9.17) is 11.6 Å². The van der Waals surface area contributed by atoms with Crippen LogP contribution >= 0.6 is 11.6 Å². The van der Waals surface area contributed by atoms with Crippen molar-refractivity contribution in [2.75, 3.05) is 12.4 Å². The van der Waals surface area contributed by atoms with Gasteiger partial charge in [0.1, 0.15) is 0 Å². The zero-order chi connectivity index (χ0) is 13.0. The Kier molecular flexibility index (Phi) is 4.55. The van der Waals surface area contributed by atoms with Crippen LogP contribution < -0.4 is 0 Å². The second-order valence-electron chi connectivity index (χ2n) is 4.66. The third kappa shape index (κ3) is 3.00. The molecule has 5 heteroatoms. The van der Waals surface area contributed by atoms with Crippen molar-refractivity contribution in [3.05, 3.63) is 39.9 Å². The van der Waals surface area contributed by atoms with Crippen LogP contribution in [0.3, 0.4) is 0 Å². The van der Waals surface area contributed by atoms with E-state index in [1.165, 1.54) is 6.42 Å². The molecular formula is C13H17ClN2O2. The van der Waals surface area contributed by atoms with Crippen molar-refractivity contribution in [2.45, 2.75) is 31.8 Å². The van der Waals surface area contributed by atoms with Crippen LogP contribution in [0, 0.1) is 10.1 Å². The molecule has 0 aromatic heterocycles. The molecular weight excluding hydrogens is 252 g/mol. The number of para-hydroxylation sites is 1. The molecule has 1 saturated heterocycles. The molecule has 98 valence electrons. The second-order valence-corrected chi connectivity index (χ2v) is 4.97. The molecule has 0 spiro atoms. The molecule has 2 rings (SSSR count). The predicted molar refractivity (Wildman–Crippen MR) is 71.9 cm³/mol. The lowest BCUT2D eigenvalue weighted by Crippen LogP contribution is -2.40. The summed E-state index contributed by atoms with van der Waals surface area (Å²) in [7, 11) is 0. The summed E-state index contributed by atoms with van der Waals surface area (Å²) >= 11 is 5.97. The number of piperidine rings is 1. The molecule has 1 heterocycles. The highest BCUT2D eigenvalue weighted by Crippen LogP contribution is 2.24. The fourth-order valence-corrected chi connectivity index (χ4v) is 2.83. The molecule has 1 aliphatic rings. The summed E-state index contributed by atoms with van der Waals surface area (Å²) in [5, 5.41) is 11.0. The molecule has 0 aliphatic carbocycles. The number of nitro benzene ring substituents is 1. The van der Waals surface area contributed by atoms with E-state index >= 15 is 0 Å². The zero-order valence-corrected chi connectivity index (χ0v) is 11.0. The predicted octanol–water partition coefficient (Wildman–Crippen LogP) is 3.19. The molecule has 0 radical (unpaired) electrons. The van der Waals surface area contributed by atoms with Gasteiger partial charge >= 0.3 is 0 Å². The van der Waals surface area contributed by atoms with Crippen LogP contribution in [0.5, 0.6) is 0 Å². The largest absolute Gasteiger partial charge is 0.295 e. The highest BCUT2D eigenvalue weighted by molar-refractivity contribution is 6.18. The molecule has 0 unspecified atom stereocenters. The van der Waals surface area contributed by atoms with E-state index in [0.717, 1.165) is 24.9 Å². The summed E-state index contributed by atoms with van der Waals surface area (Å²) in [6, 6.07) is 7.30. The van der Waals surface area contributed by atoms with Gasteiger partial charge in [-0.3, -0.25) is 15.0 Å². The van der Waals surface area contributed by atoms with E-state index in [1.807, 2.05) is 12.1 Å². The lowest BCUT2D eigenvalue weighted by molar-refractivity contribution is -0.385. The van der Waals surface area contributed by atoms with Crippen LogP contribution in [0.4, 0.5) is 5.69 Å². The fourth-order valence-electron chi connectivity index (χ4n) is 2.48. The minimum Gasteiger partial charge on any atom is -0.295 e. The molecule has 1 aromatic carbocycles. The molecule has 1 aromatic rings. The Labute approximate surface area is 112 Å². The number of hydrogen-bond acceptors (Lipinski definition) is 3. The Morgan fingerprint density at radius 2 is 2.17 bits per heavy atom. The molecule has 0 saturated carbocycles. The Balaban J connectivity index is 2.15. The number of nitrogens with zero attached hydrogens (tertiary/aromatic N) is 2. The van der Waals surface area contributed by atoms with Gasteiger partial charge in [0.05, 0.1) is 4.92 Å². The van der Waals surface area contributed by atoms with Crippen molar-refractivity contribution < 1.29 is 4.92 Å². The number of rotatable bonds is 4. The molecule has 1 fully saturated rings. The number of nitro groups is 1. The highest BCUT2D eigenvalue weighted by atomic mass is 35.5. The molecule has 18 heavy (non-hydrogen) atoms. The summed E-state index contributed by atoms with van der Waals surface area (Å²) < 4.78 is 0. The number of likely N-dealkylation sites (tertiary alicyclic amines) is 1. The maximum absolute atomic E-state index is 11.0. The van der Waals surface area contributed by atoms with E-state index in [1.54, 1.807) is 12.1 Å². The van der Waals surface area contributed by atoms with Crippen LogP contribution in [0.15, 0.2) is 24.3 Å². The molecule has 0 amide bonds. The van der Waals surface area contributed by atoms with Crippen molar-refractivity contribution >= 4 is 17.3 Å². The monoisotopic (exact) mass is 268 g/mol. The Morgan fingerprint density at radius 1 is 1.39 bits per heavy atom. The summed E-state index contributed by atoms with van der Waals surface area (Å²) in [5.74, 6) is 0.598. The van der Waals surface area contributed by atoms with Crippen molar-refractivity contribution in [3.63, 3.8) is 0 Å². The standard InChI is InChI=1S/C13H17ClN2O2/c14-9-12-6-3-4-8-15(12)10-11-5-1-2-7-13(11)16(17)18/h1-2,5,7,12H,3-4,6,8-10H2/t12-/m1/s1. The number of hydrogen-bond donors (Lipinski definition) is 0. The van der Waals surface area contributed by atoms with Gasteiger partial charge in [0.15, 0.2) is 0 Å². The van der Waals surface area contributed by atoms with Crippen molar-refractivity contribution in [2.24, 2.45) is 0 Å². The summed E-state index contributed by atoms with van der Waals surface area (Å²) in [6.07, 6.45) is 3.43. The third-order valence-electron chi connectivity index (χ3n) is 3.49. The second kappa shape index (κ2) is 6.16. The van der Waals surface area contributed by atoms with Gasteiger partial charge < -0.3 is 0 Å². The van der Waals surface area contributed by atoms with Crippen LogP contribution in [0.2, 0.25) is 0 Å². The SMILES string of the molecule is O=[N+]([O-])c1ccccc1CN1CCCC[C@@H]1CCl. The lowest BCUT2D eigenvalue weighted by Gasteiger charge is -2.34. The average Bonchev–Trinajstić information content (AvgIpc) is 2.40. The van der Waals surface area contributed by atoms with Gasteiger partial charge in [0, 0.05) is 30.1 Å². The topological polar surface area (TPSA) is 46.4 Å². The van der Waals surface area contributed by atoms with Gasteiger partial charge in [-0.25, -0.2) is 0 Å². The summed E-state index contributed by atoms with van der Waals surface area (Å²) in [5.41, 5.74) is 0.982. The Bertz CT molecular complexity index is 425. The molecule has 1 atom stereocenters. The van der Waals surface area contributed by atoms with E-state index in [9.17, 15) is 10.1 Å². The minimum atomic E-state index is -0.311. The number of benzene rings is 1. The molecule has 0 bridgehead atoms. The summed E-state index contributed by atoms with van der Waals surface area (Å²) in [6.45, 7) is 1.60. The maximum atomic E-state index is 11.0. The normalized spacial score (nSPS) is 20.8. The van der Waals surface area contributed by atoms with Gasteiger partial charge in [-0.1, -0.05) is 24.6 Å². The van der Waals surface area contributed by atoms with Gasteiger partial charge in [-0.15, -0.1) is 11.6 Å². The first-order valence-corrected chi connectivity index (χ1v) is 6.78. The Hall–Kier alpha value is -1.13. The minimum absolute atomic E-state index is 0.205. The van der Waals surface area contributed by atoms with Gasteiger partial charge in [-0.2, -0.15) is 0 Å². The zero-order valence-electron chi connectivity index (χ0n) is 10.2. The van der Waals surface area contributed by atoms with E-state index in [0.29, 0.717) is 18.5 Å². The smallest absolute Gasteiger partial charge is 0.273 e. The average molecular weight is 269 g/mol. The van der Waals surface area contributed by atoms with E-state index in [-0.39, 0.29) is 10.6 Å². The van der Waals surface area contributed by atoms with Gasteiger partial charge in [0.2, 0.25) is 0 Å². The summed E-state index contributed by atoms with van der Waals surface area (Å²) in [4.78, 5) is 12.9. The quantitative estimate of drug-likeness (QED) is 0.479. The van der Waals surface area contributed by atoms with Crippen LogP contribution in [-0.4, -0.2) is 28.3 Å². The lowest BCUT2D eigenvalue weighted by atomic mass is 10.0. The molecule has 4 nitrogen and oxygen atoms in total. The van der Waals surface area contributed by atoms with Gasteiger partial charge in [-0.05, 0) is 19.4 Å². The Morgan fingerprint density at radius 3 is 2.89 bits per heavy atom. The molecule has 1 aliphatic heterocycles. The fraction of sp³-hybridized carbons (Fsp3) is 0.538. The van der Waals surface area contributed by atoms with Crippen molar-refractivity contribution in [3.8, 4) is 0 Å². The van der Waals surface area contributed by atoms with Crippen LogP contribution in [0.25, 0.3) is 0 Å². The number of alkyl halides is 1. The van der Waals surface area contributed by atoms with Crippen LogP contribution in [-0.2, 0) is 6.54 Å². The first kappa shape index (κ1) is 13.3. The maximum Gasteiger partial charge on any atom is 0.273 e. The molecule has 0 N–H and O–H groups in total. The van der Waals surface area contributed by atoms with E-state index < -0.39 is 0 Å². The third-order valence-corrected chi connectivity index (χ3v) is 3.85. The van der Waals surface area contributed by atoms with Crippen LogP contribution in [0.1, 0.15) is 24.8 Å². The first-order chi connectivity index (χ1) is 8.72. The van der Waals surface area contributed by atoms with Gasteiger partial charge in [0.25, 0.3) is 5.69 Å². The first-order valence-electron chi connectivity index (χ1n) is 6.24. The van der Waals surface area contributed by atoms with Crippen molar-refractivity contribution in [1.29, 1.82) is 0 Å². The van der Waals surface area contributed by atoms with Crippen molar-refractivity contribution in [1.82, 2.24) is 4.90 Å². The highest BCUT2D eigenvalue weighted by Gasteiger charge is 2.24. The number of halogens is 1.